The fraction of sp³-hybridized carbons (Fsp3) is 0.538. The summed E-state index contributed by atoms with van der Waals surface area (Å²) >= 11 is 0. The summed E-state index contributed by atoms with van der Waals surface area (Å²) in [5.41, 5.74) is 11.9. The fourth-order valence-corrected chi connectivity index (χ4v) is 1.86. The van der Waals surface area contributed by atoms with Gasteiger partial charge in [0.2, 0.25) is 0 Å². The van der Waals surface area contributed by atoms with E-state index in [9.17, 15) is 13.2 Å². The van der Waals surface area contributed by atoms with Gasteiger partial charge in [-0.1, -0.05) is 6.42 Å². The molecule has 4 N–H and O–H groups in total. The minimum absolute atomic E-state index is 0.303. The van der Waals surface area contributed by atoms with Gasteiger partial charge in [0.15, 0.2) is 0 Å². The Morgan fingerprint density at radius 3 is 2.50 bits per heavy atom. The maximum absolute atomic E-state index is 12.2. The molecule has 0 aliphatic carbocycles. The Hall–Kier alpha value is -1.47. The van der Waals surface area contributed by atoms with Crippen LogP contribution >= 0.6 is 0 Å². The van der Waals surface area contributed by atoms with E-state index in [1.165, 1.54) is 25.3 Å². The lowest BCUT2D eigenvalue weighted by molar-refractivity contribution is -0.274. The third-order valence-corrected chi connectivity index (χ3v) is 2.80. The van der Waals surface area contributed by atoms with Gasteiger partial charge in [0.25, 0.3) is 0 Å². The molecule has 4 nitrogen and oxygen atoms in total. The second kappa shape index (κ2) is 7.35. The molecule has 0 spiro atoms. The Kier molecular flexibility index (Phi) is 6.09. The van der Waals surface area contributed by atoms with E-state index < -0.39 is 12.4 Å². The number of unbranched alkanes of at least 4 members (excludes halogenated alkanes) is 1. The van der Waals surface area contributed by atoms with Crippen molar-refractivity contribution in [1.29, 1.82) is 0 Å². The van der Waals surface area contributed by atoms with Crippen LogP contribution in [0.15, 0.2) is 18.2 Å². The third kappa shape index (κ3) is 5.26. The smallest absolute Gasteiger partial charge is 0.496 e. The molecule has 0 bridgehead atoms. The van der Waals surface area contributed by atoms with E-state index in [-0.39, 0.29) is 5.75 Å². The fourth-order valence-electron chi connectivity index (χ4n) is 1.86. The van der Waals surface area contributed by atoms with Crippen LogP contribution in [0.1, 0.15) is 30.9 Å². The summed E-state index contributed by atoms with van der Waals surface area (Å²) in [5, 5.41) is 0. The Bertz CT molecular complexity index is 425. The highest BCUT2D eigenvalue weighted by atomic mass is 19.4. The molecule has 0 fully saturated rings. The SMILES string of the molecule is COc1ccc(OC(F)(F)F)cc1[C@@H](N)CCCCN. The van der Waals surface area contributed by atoms with E-state index in [1.807, 2.05) is 0 Å². The molecule has 1 aromatic carbocycles. The molecule has 0 heterocycles. The van der Waals surface area contributed by atoms with Crippen molar-refractivity contribution in [2.75, 3.05) is 13.7 Å². The molecule has 0 aliphatic rings. The van der Waals surface area contributed by atoms with Crippen molar-refractivity contribution in [2.24, 2.45) is 11.5 Å². The topological polar surface area (TPSA) is 70.5 Å². The number of hydrogen-bond donors (Lipinski definition) is 2. The Morgan fingerprint density at radius 1 is 1.25 bits per heavy atom. The van der Waals surface area contributed by atoms with E-state index >= 15 is 0 Å². The molecule has 20 heavy (non-hydrogen) atoms. The van der Waals surface area contributed by atoms with Crippen LogP contribution in [0.3, 0.4) is 0 Å². The van der Waals surface area contributed by atoms with Crippen molar-refractivity contribution in [2.45, 2.75) is 31.7 Å². The molecule has 1 rings (SSSR count). The molecule has 1 atom stereocenters. The standard InChI is InChI=1S/C13H19F3N2O2/c1-19-12-6-5-9(20-13(14,15)16)8-10(12)11(18)4-2-3-7-17/h5-6,8,11H,2-4,7,17-18H2,1H3/t11-/m0/s1. The van der Waals surface area contributed by atoms with Crippen LogP contribution < -0.4 is 20.9 Å². The molecular weight excluding hydrogens is 273 g/mol. The van der Waals surface area contributed by atoms with Crippen molar-refractivity contribution >= 4 is 0 Å². The second-order valence-corrected chi connectivity index (χ2v) is 4.34. The zero-order valence-electron chi connectivity index (χ0n) is 11.2. The number of nitrogens with two attached hydrogens (primary N) is 2. The van der Waals surface area contributed by atoms with Crippen LogP contribution in [-0.4, -0.2) is 20.0 Å². The average Bonchev–Trinajstić information content (AvgIpc) is 2.37. The van der Waals surface area contributed by atoms with Crippen LogP contribution in [0, 0.1) is 0 Å². The minimum Gasteiger partial charge on any atom is -0.496 e. The van der Waals surface area contributed by atoms with E-state index in [2.05, 4.69) is 4.74 Å². The lowest BCUT2D eigenvalue weighted by atomic mass is 10.0. The highest BCUT2D eigenvalue weighted by Gasteiger charge is 2.31. The predicted octanol–water partition coefficient (Wildman–Crippen LogP) is 2.72. The second-order valence-electron chi connectivity index (χ2n) is 4.34. The van der Waals surface area contributed by atoms with E-state index in [0.29, 0.717) is 24.3 Å². The first-order valence-electron chi connectivity index (χ1n) is 6.26. The molecule has 0 radical (unpaired) electrons. The monoisotopic (exact) mass is 292 g/mol. The number of alkyl halides is 3. The summed E-state index contributed by atoms with van der Waals surface area (Å²) in [5.74, 6) is 0.141. The van der Waals surface area contributed by atoms with Crippen LogP contribution in [0.2, 0.25) is 0 Å². The lowest BCUT2D eigenvalue weighted by Crippen LogP contribution is -2.18. The molecule has 0 aromatic heterocycles. The number of benzene rings is 1. The van der Waals surface area contributed by atoms with Crippen LogP contribution in [0.4, 0.5) is 13.2 Å². The number of hydrogen-bond acceptors (Lipinski definition) is 4. The van der Waals surface area contributed by atoms with Gasteiger partial charge in [-0.25, -0.2) is 0 Å². The first-order valence-corrected chi connectivity index (χ1v) is 6.26. The predicted molar refractivity (Wildman–Crippen MR) is 69.5 cm³/mol. The van der Waals surface area contributed by atoms with Gasteiger partial charge >= 0.3 is 6.36 Å². The first kappa shape index (κ1) is 16.6. The quantitative estimate of drug-likeness (QED) is 0.758. The van der Waals surface area contributed by atoms with Crippen molar-refractivity contribution in [3.63, 3.8) is 0 Å². The van der Waals surface area contributed by atoms with Gasteiger partial charge in [0.05, 0.1) is 7.11 Å². The molecule has 1 aromatic rings. The molecule has 0 saturated heterocycles. The molecule has 114 valence electrons. The minimum atomic E-state index is -4.73. The number of methoxy groups -OCH3 is 1. The molecule has 0 saturated carbocycles. The Labute approximate surface area is 115 Å². The molecular formula is C13H19F3N2O2. The normalized spacial score (nSPS) is 13.1. The van der Waals surface area contributed by atoms with Gasteiger partial charge in [0, 0.05) is 11.6 Å². The number of halogens is 3. The highest BCUT2D eigenvalue weighted by molar-refractivity contribution is 5.42. The molecule has 0 amide bonds. The van der Waals surface area contributed by atoms with Gasteiger partial charge in [-0.3, -0.25) is 0 Å². The summed E-state index contributed by atoms with van der Waals surface area (Å²) in [6.07, 6.45) is -2.50. The summed E-state index contributed by atoms with van der Waals surface area (Å²) in [6, 6.07) is 3.45. The van der Waals surface area contributed by atoms with Gasteiger partial charge in [0.1, 0.15) is 11.5 Å². The third-order valence-electron chi connectivity index (χ3n) is 2.80. The summed E-state index contributed by atoms with van der Waals surface area (Å²) in [7, 11) is 1.44. The van der Waals surface area contributed by atoms with Gasteiger partial charge in [-0.05, 0) is 37.6 Å². The van der Waals surface area contributed by atoms with Crippen molar-refractivity contribution in [3.05, 3.63) is 23.8 Å². The maximum Gasteiger partial charge on any atom is 0.573 e. The van der Waals surface area contributed by atoms with Crippen LogP contribution in [0.25, 0.3) is 0 Å². The van der Waals surface area contributed by atoms with Gasteiger partial charge in [-0.2, -0.15) is 0 Å². The maximum atomic E-state index is 12.2. The zero-order chi connectivity index (χ0) is 15.2. The highest BCUT2D eigenvalue weighted by Crippen LogP contribution is 2.32. The summed E-state index contributed by atoms with van der Waals surface area (Å²) in [4.78, 5) is 0. The molecule has 7 heteroatoms. The van der Waals surface area contributed by atoms with Gasteiger partial charge < -0.3 is 20.9 Å². The Morgan fingerprint density at radius 2 is 1.95 bits per heavy atom. The first-order chi connectivity index (χ1) is 9.37. The molecule has 0 unspecified atom stereocenters. The average molecular weight is 292 g/mol. The largest absolute Gasteiger partial charge is 0.573 e. The lowest BCUT2D eigenvalue weighted by Gasteiger charge is -2.17. The van der Waals surface area contributed by atoms with Crippen molar-refractivity contribution in [1.82, 2.24) is 0 Å². The number of rotatable bonds is 7. The number of ether oxygens (including phenoxy) is 2. The van der Waals surface area contributed by atoms with Crippen molar-refractivity contribution < 1.29 is 22.6 Å². The summed E-state index contributed by atoms with van der Waals surface area (Å²) < 4.78 is 45.6. The Balaban J connectivity index is 2.87. The van der Waals surface area contributed by atoms with Crippen LogP contribution in [0.5, 0.6) is 11.5 Å². The molecule has 0 aliphatic heterocycles. The zero-order valence-corrected chi connectivity index (χ0v) is 11.2. The van der Waals surface area contributed by atoms with E-state index in [0.717, 1.165) is 12.8 Å². The van der Waals surface area contributed by atoms with Crippen molar-refractivity contribution in [3.8, 4) is 11.5 Å². The van der Waals surface area contributed by atoms with Gasteiger partial charge in [-0.15, -0.1) is 13.2 Å². The van der Waals surface area contributed by atoms with E-state index in [4.69, 9.17) is 16.2 Å². The van der Waals surface area contributed by atoms with E-state index in [1.54, 1.807) is 0 Å². The van der Waals surface area contributed by atoms with Crippen LogP contribution in [-0.2, 0) is 0 Å². The summed E-state index contributed by atoms with van der Waals surface area (Å²) in [6.45, 7) is 0.557.